The largest absolute Gasteiger partial charge is 0.444 e. The molecule has 0 aliphatic rings. The van der Waals surface area contributed by atoms with Gasteiger partial charge in [-0.25, -0.2) is 4.79 Å². The van der Waals surface area contributed by atoms with Gasteiger partial charge in [-0.1, -0.05) is 30.3 Å². The molecular weight excluding hydrogens is 306 g/mol. The zero-order valence-electron chi connectivity index (χ0n) is 8.59. The van der Waals surface area contributed by atoms with Crippen LogP contribution in [0.15, 0.2) is 34.9 Å². The van der Waals surface area contributed by atoms with Crippen LogP contribution < -0.4 is 5.32 Å². The molecule has 0 unspecified atom stereocenters. The summed E-state index contributed by atoms with van der Waals surface area (Å²) in [5, 5.41) is 2.49. The Kier molecular flexibility index (Phi) is 4.05. The number of benzene rings is 1. The van der Waals surface area contributed by atoms with Crippen LogP contribution in [0.2, 0.25) is 0 Å². The molecule has 1 aromatic carbocycles. The number of halogens is 1. The normalized spacial score (nSPS) is 9.94. The van der Waals surface area contributed by atoms with Crippen molar-refractivity contribution in [1.29, 1.82) is 0 Å². The molecule has 1 heterocycles. The topological polar surface area (TPSA) is 64.1 Å². The molecule has 0 fully saturated rings. The van der Waals surface area contributed by atoms with Gasteiger partial charge in [0.15, 0.2) is 10.4 Å². The summed E-state index contributed by atoms with van der Waals surface area (Å²) < 4.78 is 13.3. The Hall–Kier alpha value is -1.47. The first-order valence-electron chi connectivity index (χ1n) is 4.71. The standard InChI is InChI=1S/C10H8BrN3O2S/c11-8-9(14-17-13-8)12-10(15)16-6-7-4-2-1-3-5-7/h1-5H,6H2,(H,12,14,15). The molecule has 0 saturated carbocycles. The molecule has 2 rings (SSSR count). The minimum absolute atomic E-state index is 0.224. The van der Waals surface area contributed by atoms with Gasteiger partial charge in [0.25, 0.3) is 0 Å². The maximum atomic E-state index is 11.4. The van der Waals surface area contributed by atoms with E-state index in [2.05, 4.69) is 30.0 Å². The van der Waals surface area contributed by atoms with Gasteiger partial charge in [0.05, 0.1) is 11.7 Å². The third-order valence-corrected chi connectivity index (χ3v) is 3.20. The molecule has 1 N–H and O–H groups in total. The van der Waals surface area contributed by atoms with Crippen molar-refractivity contribution in [3.05, 3.63) is 40.5 Å². The second-order valence-corrected chi connectivity index (χ2v) is 4.37. The highest BCUT2D eigenvalue weighted by molar-refractivity contribution is 9.10. The number of hydrogen-bond donors (Lipinski definition) is 1. The number of hydrogen-bond acceptors (Lipinski definition) is 5. The highest BCUT2D eigenvalue weighted by atomic mass is 79.9. The maximum absolute atomic E-state index is 11.4. The highest BCUT2D eigenvalue weighted by Crippen LogP contribution is 2.18. The second-order valence-electron chi connectivity index (χ2n) is 3.09. The Morgan fingerprint density at radius 1 is 1.35 bits per heavy atom. The summed E-state index contributed by atoms with van der Waals surface area (Å²) in [6, 6.07) is 9.44. The van der Waals surface area contributed by atoms with E-state index in [0.717, 1.165) is 17.3 Å². The third-order valence-electron chi connectivity index (χ3n) is 1.88. The molecule has 0 atom stereocenters. The van der Waals surface area contributed by atoms with Gasteiger partial charge >= 0.3 is 6.09 Å². The van der Waals surface area contributed by atoms with Crippen LogP contribution in [0.5, 0.6) is 0 Å². The van der Waals surface area contributed by atoms with Crippen LogP contribution in [0.25, 0.3) is 0 Å². The number of carbonyl (C=O) groups is 1. The Morgan fingerprint density at radius 3 is 2.76 bits per heavy atom. The van der Waals surface area contributed by atoms with E-state index in [9.17, 15) is 4.79 Å². The van der Waals surface area contributed by atoms with Crippen LogP contribution in [0, 0.1) is 0 Å². The lowest BCUT2D eigenvalue weighted by atomic mass is 10.2. The fourth-order valence-corrected chi connectivity index (χ4v) is 2.02. The summed E-state index contributed by atoms with van der Waals surface area (Å²) in [7, 11) is 0. The molecule has 5 nitrogen and oxygen atoms in total. The van der Waals surface area contributed by atoms with Gasteiger partial charge < -0.3 is 4.74 Å². The molecule has 7 heteroatoms. The first-order chi connectivity index (χ1) is 8.25. The van der Waals surface area contributed by atoms with Crippen LogP contribution in [-0.4, -0.2) is 14.8 Å². The lowest BCUT2D eigenvalue weighted by Crippen LogP contribution is -2.13. The lowest BCUT2D eigenvalue weighted by Gasteiger charge is -2.04. The van der Waals surface area contributed by atoms with Gasteiger partial charge in [-0.2, -0.15) is 8.75 Å². The number of ether oxygens (including phenoxy) is 1. The van der Waals surface area contributed by atoms with Crippen molar-refractivity contribution in [1.82, 2.24) is 8.75 Å². The average Bonchev–Trinajstić information content (AvgIpc) is 2.74. The number of nitrogens with zero attached hydrogens (tertiary/aromatic N) is 2. The number of carbonyl (C=O) groups excluding carboxylic acids is 1. The minimum Gasteiger partial charge on any atom is -0.444 e. The van der Waals surface area contributed by atoms with Crippen molar-refractivity contribution >= 4 is 39.6 Å². The Morgan fingerprint density at radius 2 is 2.12 bits per heavy atom. The van der Waals surface area contributed by atoms with Crippen molar-refractivity contribution in [3.63, 3.8) is 0 Å². The van der Waals surface area contributed by atoms with Gasteiger partial charge in [0.2, 0.25) is 0 Å². The second kappa shape index (κ2) is 5.74. The van der Waals surface area contributed by atoms with Crippen LogP contribution in [-0.2, 0) is 11.3 Å². The van der Waals surface area contributed by atoms with Gasteiger partial charge in [-0.3, -0.25) is 5.32 Å². The van der Waals surface area contributed by atoms with E-state index in [-0.39, 0.29) is 6.61 Å². The summed E-state index contributed by atoms with van der Waals surface area (Å²) in [6.45, 7) is 0.224. The maximum Gasteiger partial charge on any atom is 0.413 e. The summed E-state index contributed by atoms with van der Waals surface area (Å²) >= 11 is 4.16. The fraction of sp³-hybridized carbons (Fsp3) is 0.100. The number of amides is 1. The predicted molar refractivity (Wildman–Crippen MR) is 67.9 cm³/mol. The quantitative estimate of drug-likeness (QED) is 0.946. The van der Waals surface area contributed by atoms with Crippen molar-refractivity contribution in [2.75, 3.05) is 5.32 Å². The summed E-state index contributed by atoms with van der Waals surface area (Å²) in [5.41, 5.74) is 0.929. The number of aromatic nitrogens is 2. The van der Waals surface area contributed by atoms with Crippen molar-refractivity contribution in [2.45, 2.75) is 6.61 Å². The molecule has 0 bridgehead atoms. The molecule has 0 saturated heterocycles. The first kappa shape index (κ1) is 12.0. The van der Waals surface area contributed by atoms with Crippen LogP contribution >= 0.6 is 27.7 Å². The van der Waals surface area contributed by atoms with E-state index in [4.69, 9.17) is 4.74 Å². The molecule has 1 amide bonds. The molecule has 88 valence electrons. The zero-order chi connectivity index (χ0) is 12.1. The molecule has 0 radical (unpaired) electrons. The zero-order valence-corrected chi connectivity index (χ0v) is 11.0. The first-order valence-corrected chi connectivity index (χ1v) is 6.24. The Bertz CT molecular complexity index is 503. The van der Waals surface area contributed by atoms with E-state index < -0.39 is 6.09 Å². The van der Waals surface area contributed by atoms with Crippen LogP contribution in [0.3, 0.4) is 0 Å². The monoisotopic (exact) mass is 313 g/mol. The molecule has 1 aromatic heterocycles. The molecular formula is C10H8BrN3O2S. The van der Waals surface area contributed by atoms with Gasteiger partial charge in [-0.05, 0) is 21.5 Å². The molecule has 17 heavy (non-hydrogen) atoms. The van der Waals surface area contributed by atoms with E-state index in [1.807, 2.05) is 30.3 Å². The predicted octanol–water partition coefficient (Wildman–Crippen LogP) is 3.05. The smallest absolute Gasteiger partial charge is 0.413 e. The SMILES string of the molecule is O=C(Nc1nsnc1Br)OCc1ccccc1. The van der Waals surface area contributed by atoms with Crippen molar-refractivity contribution < 1.29 is 9.53 Å². The third kappa shape index (κ3) is 3.50. The van der Waals surface area contributed by atoms with Crippen molar-refractivity contribution in [2.24, 2.45) is 0 Å². The molecule has 2 aromatic rings. The average molecular weight is 314 g/mol. The lowest BCUT2D eigenvalue weighted by molar-refractivity contribution is 0.155. The van der Waals surface area contributed by atoms with Crippen LogP contribution in [0.4, 0.5) is 10.6 Å². The van der Waals surface area contributed by atoms with Crippen LogP contribution in [0.1, 0.15) is 5.56 Å². The summed E-state index contributed by atoms with van der Waals surface area (Å²) in [4.78, 5) is 11.4. The van der Waals surface area contributed by atoms with E-state index in [1.165, 1.54) is 0 Å². The van der Waals surface area contributed by atoms with Gasteiger partial charge in [0.1, 0.15) is 6.61 Å². The highest BCUT2D eigenvalue weighted by Gasteiger charge is 2.09. The van der Waals surface area contributed by atoms with E-state index >= 15 is 0 Å². The van der Waals surface area contributed by atoms with Gasteiger partial charge in [0, 0.05) is 0 Å². The number of anilines is 1. The number of rotatable bonds is 3. The molecule has 0 aliphatic carbocycles. The van der Waals surface area contributed by atoms with E-state index in [0.29, 0.717) is 10.4 Å². The molecule has 0 aliphatic heterocycles. The Balaban J connectivity index is 1.85. The van der Waals surface area contributed by atoms with Crippen molar-refractivity contribution in [3.8, 4) is 0 Å². The summed E-state index contributed by atoms with van der Waals surface area (Å²) in [5.74, 6) is 0.369. The van der Waals surface area contributed by atoms with Gasteiger partial charge in [-0.15, -0.1) is 0 Å². The Labute approximate surface area is 110 Å². The van der Waals surface area contributed by atoms with E-state index in [1.54, 1.807) is 0 Å². The minimum atomic E-state index is -0.553. The fourth-order valence-electron chi connectivity index (χ4n) is 1.11. The number of nitrogens with one attached hydrogen (secondary N) is 1. The summed E-state index contributed by atoms with van der Waals surface area (Å²) in [6.07, 6.45) is -0.553. The molecule has 0 spiro atoms.